The SMILES string of the molecule is O=C(/C=C/c1ccc(COc2ccc(Br)cc2)o1)c1ccc(O)cc1O. The quantitative estimate of drug-likeness (QED) is 0.441. The Morgan fingerprint density at radius 3 is 2.58 bits per heavy atom. The third kappa shape index (κ3) is 4.55. The predicted octanol–water partition coefficient (Wildman–Crippen LogP) is 4.93. The topological polar surface area (TPSA) is 79.9 Å². The summed E-state index contributed by atoms with van der Waals surface area (Å²) < 4.78 is 12.2. The first-order valence-corrected chi connectivity index (χ1v) is 8.52. The Morgan fingerprint density at radius 1 is 1.08 bits per heavy atom. The number of rotatable bonds is 6. The van der Waals surface area contributed by atoms with Crippen LogP contribution in [0.4, 0.5) is 0 Å². The van der Waals surface area contributed by atoms with E-state index < -0.39 is 5.78 Å². The zero-order chi connectivity index (χ0) is 18.5. The van der Waals surface area contributed by atoms with E-state index in [-0.39, 0.29) is 23.7 Å². The molecule has 3 aromatic rings. The van der Waals surface area contributed by atoms with Crippen molar-refractivity contribution in [2.24, 2.45) is 0 Å². The summed E-state index contributed by atoms with van der Waals surface area (Å²) in [6.45, 7) is 0.266. The predicted molar refractivity (Wildman–Crippen MR) is 100 cm³/mol. The number of halogens is 1. The molecule has 0 unspecified atom stereocenters. The Kier molecular flexibility index (Phi) is 5.43. The van der Waals surface area contributed by atoms with Crippen LogP contribution in [0.25, 0.3) is 6.08 Å². The maximum absolute atomic E-state index is 12.1. The van der Waals surface area contributed by atoms with E-state index in [9.17, 15) is 15.0 Å². The molecule has 1 heterocycles. The van der Waals surface area contributed by atoms with Crippen molar-refractivity contribution < 1.29 is 24.2 Å². The van der Waals surface area contributed by atoms with E-state index in [2.05, 4.69) is 15.9 Å². The van der Waals surface area contributed by atoms with E-state index in [1.807, 2.05) is 24.3 Å². The highest BCUT2D eigenvalue weighted by Gasteiger charge is 2.09. The summed E-state index contributed by atoms with van der Waals surface area (Å²) in [5, 5.41) is 19.0. The minimum absolute atomic E-state index is 0.101. The summed E-state index contributed by atoms with van der Waals surface area (Å²) in [6, 6.07) is 14.8. The minimum Gasteiger partial charge on any atom is -0.508 e. The summed E-state index contributed by atoms with van der Waals surface area (Å²) in [4.78, 5) is 12.1. The van der Waals surface area contributed by atoms with E-state index in [0.717, 1.165) is 16.3 Å². The van der Waals surface area contributed by atoms with Crippen LogP contribution in [0.5, 0.6) is 17.2 Å². The number of benzene rings is 2. The summed E-state index contributed by atoms with van der Waals surface area (Å²) in [7, 11) is 0. The van der Waals surface area contributed by atoms with Gasteiger partial charge in [0.15, 0.2) is 5.78 Å². The molecule has 2 N–H and O–H groups in total. The number of furan rings is 1. The van der Waals surface area contributed by atoms with Crippen molar-refractivity contribution in [3.05, 3.63) is 82.2 Å². The number of aromatic hydroxyl groups is 2. The fourth-order valence-corrected chi connectivity index (χ4v) is 2.49. The standard InChI is InChI=1S/C20H15BrO5/c21-13-1-4-15(5-2-13)25-12-17-7-6-16(26-17)8-10-19(23)18-9-3-14(22)11-20(18)24/h1-11,22,24H,12H2/b10-8+. The van der Waals surface area contributed by atoms with Gasteiger partial charge in [0, 0.05) is 10.5 Å². The van der Waals surface area contributed by atoms with E-state index in [1.54, 1.807) is 12.1 Å². The number of hydrogen-bond donors (Lipinski definition) is 2. The molecule has 0 saturated heterocycles. The molecule has 0 spiro atoms. The lowest BCUT2D eigenvalue weighted by Gasteiger charge is -2.03. The Labute approximate surface area is 158 Å². The number of carbonyl (C=O) groups excluding carboxylic acids is 1. The third-order valence-corrected chi connectivity index (χ3v) is 4.05. The molecule has 6 heteroatoms. The molecule has 0 amide bonds. The lowest BCUT2D eigenvalue weighted by molar-refractivity contribution is 0.104. The zero-order valence-electron chi connectivity index (χ0n) is 13.6. The number of carbonyl (C=O) groups is 1. The van der Waals surface area contributed by atoms with E-state index >= 15 is 0 Å². The molecular weight excluding hydrogens is 400 g/mol. The second kappa shape index (κ2) is 7.93. The summed E-state index contributed by atoms with van der Waals surface area (Å²) in [5.41, 5.74) is 0.101. The Morgan fingerprint density at radius 2 is 1.85 bits per heavy atom. The van der Waals surface area contributed by atoms with Gasteiger partial charge in [0.1, 0.15) is 35.4 Å². The molecule has 0 fully saturated rings. The van der Waals surface area contributed by atoms with Gasteiger partial charge in [-0.25, -0.2) is 0 Å². The first-order valence-electron chi connectivity index (χ1n) is 7.73. The van der Waals surface area contributed by atoms with E-state index in [4.69, 9.17) is 9.15 Å². The Bertz CT molecular complexity index is 941. The average molecular weight is 415 g/mol. The monoisotopic (exact) mass is 414 g/mol. The van der Waals surface area contributed by atoms with Gasteiger partial charge in [0.05, 0.1) is 5.56 Å². The fourth-order valence-electron chi connectivity index (χ4n) is 2.22. The van der Waals surface area contributed by atoms with Gasteiger partial charge in [-0.05, 0) is 60.7 Å². The molecule has 1 aromatic heterocycles. The molecule has 5 nitrogen and oxygen atoms in total. The summed E-state index contributed by atoms with van der Waals surface area (Å²) in [6.07, 6.45) is 2.81. The molecule has 0 saturated carbocycles. The van der Waals surface area contributed by atoms with Crippen molar-refractivity contribution >= 4 is 27.8 Å². The van der Waals surface area contributed by atoms with Gasteiger partial charge in [-0.2, -0.15) is 0 Å². The van der Waals surface area contributed by atoms with Gasteiger partial charge in [-0.3, -0.25) is 4.79 Å². The van der Waals surface area contributed by atoms with Crippen LogP contribution in [-0.2, 0) is 6.61 Å². The van der Waals surface area contributed by atoms with Gasteiger partial charge >= 0.3 is 0 Å². The summed E-state index contributed by atoms with van der Waals surface area (Å²) in [5.74, 6) is 1.05. The van der Waals surface area contributed by atoms with Crippen LogP contribution in [0.15, 0.2) is 69.6 Å². The molecule has 0 aliphatic carbocycles. The molecular formula is C20H15BrO5. The minimum atomic E-state index is -0.397. The van der Waals surface area contributed by atoms with Crippen molar-refractivity contribution in [1.29, 1.82) is 0 Å². The van der Waals surface area contributed by atoms with Gasteiger partial charge < -0.3 is 19.4 Å². The molecule has 0 bridgehead atoms. The highest BCUT2D eigenvalue weighted by Crippen LogP contribution is 2.23. The largest absolute Gasteiger partial charge is 0.508 e. The molecule has 0 radical (unpaired) electrons. The number of phenolic OH excluding ortho intramolecular Hbond substituents is 2. The van der Waals surface area contributed by atoms with Crippen LogP contribution in [0.2, 0.25) is 0 Å². The molecule has 2 aromatic carbocycles. The van der Waals surface area contributed by atoms with E-state index in [1.165, 1.54) is 24.3 Å². The van der Waals surface area contributed by atoms with E-state index in [0.29, 0.717) is 11.5 Å². The molecule has 3 rings (SSSR count). The smallest absolute Gasteiger partial charge is 0.189 e. The second-order valence-electron chi connectivity index (χ2n) is 5.45. The van der Waals surface area contributed by atoms with Gasteiger partial charge in [-0.15, -0.1) is 0 Å². The van der Waals surface area contributed by atoms with Crippen molar-refractivity contribution in [3.8, 4) is 17.2 Å². The number of ketones is 1. The van der Waals surface area contributed by atoms with Crippen LogP contribution in [0.3, 0.4) is 0 Å². The van der Waals surface area contributed by atoms with Gasteiger partial charge in [-0.1, -0.05) is 15.9 Å². The molecule has 26 heavy (non-hydrogen) atoms. The van der Waals surface area contributed by atoms with Crippen LogP contribution >= 0.6 is 15.9 Å². The number of allylic oxidation sites excluding steroid dienone is 1. The van der Waals surface area contributed by atoms with Crippen molar-refractivity contribution in [3.63, 3.8) is 0 Å². The Hall–Kier alpha value is -2.99. The first kappa shape index (κ1) is 17.8. The summed E-state index contributed by atoms with van der Waals surface area (Å²) >= 11 is 3.36. The molecule has 132 valence electrons. The maximum Gasteiger partial charge on any atom is 0.189 e. The van der Waals surface area contributed by atoms with Crippen LogP contribution in [0, 0.1) is 0 Å². The van der Waals surface area contributed by atoms with Gasteiger partial charge in [0.2, 0.25) is 0 Å². The highest BCUT2D eigenvalue weighted by atomic mass is 79.9. The normalized spacial score (nSPS) is 11.0. The number of hydrogen-bond acceptors (Lipinski definition) is 5. The number of ether oxygens (including phenoxy) is 1. The fraction of sp³-hybridized carbons (Fsp3) is 0.0500. The van der Waals surface area contributed by atoms with Gasteiger partial charge in [0.25, 0.3) is 0 Å². The lowest BCUT2D eigenvalue weighted by Crippen LogP contribution is -1.94. The molecule has 0 atom stereocenters. The third-order valence-electron chi connectivity index (χ3n) is 3.52. The highest BCUT2D eigenvalue weighted by molar-refractivity contribution is 9.10. The van der Waals surface area contributed by atoms with Crippen molar-refractivity contribution in [2.75, 3.05) is 0 Å². The van der Waals surface area contributed by atoms with Crippen LogP contribution in [0.1, 0.15) is 21.9 Å². The van der Waals surface area contributed by atoms with Crippen LogP contribution < -0.4 is 4.74 Å². The average Bonchev–Trinajstić information content (AvgIpc) is 3.07. The maximum atomic E-state index is 12.1. The molecule has 0 aliphatic rings. The lowest BCUT2D eigenvalue weighted by atomic mass is 10.1. The first-order chi connectivity index (χ1) is 12.5. The Balaban J connectivity index is 1.61. The van der Waals surface area contributed by atoms with Crippen molar-refractivity contribution in [2.45, 2.75) is 6.61 Å². The molecule has 0 aliphatic heterocycles. The van der Waals surface area contributed by atoms with Crippen molar-refractivity contribution in [1.82, 2.24) is 0 Å². The zero-order valence-corrected chi connectivity index (χ0v) is 15.1. The van der Waals surface area contributed by atoms with Crippen LogP contribution in [-0.4, -0.2) is 16.0 Å². The number of phenols is 2. The second-order valence-corrected chi connectivity index (χ2v) is 6.36.